The van der Waals surface area contributed by atoms with Crippen LogP contribution in [0.3, 0.4) is 0 Å². The number of ether oxygens (including phenoxy) is 1. The second kappa shape index (κ2) is 6.35. The largest absolute Gasteiger partial charge is 0.380 e. The summed E-state index contributed by atoms with van der Waals surface area (Å²) >= 11 is 3.32. The molecule has 0 aromatic heterocycles. The third-order valence-corrected chi connectivity index (χ3v) is 6.50. The number of benzene rings is 1. The lowest BCUT2D eigenvalue weighted by Gasteiger charge is -2.31. The summed E-state index contributed by atoms with van der Waals surface area (Å²) in [4.78, 5) is 0.341. The highest BCUT2D eigenvalue weighted by molar-refractivity contribution is 9.10. The Balaban J connectivity index is 2.35. The van der Waals surface area contributed by atoms with E-state index in [1.807, 2.05) is 13.0 Å². The van der Waals surface area contributed by atoms with Gasteiger partial charge in [-0.25, -0.2) is 8.42 Å². The van der Waals surface area contributed by atoms with Crippen LogP contribution < -0.4 is 5.32 Å². The molecule has 4 nitrogen and oxygen atoms in total. The van der Waals surface area contributed by atoms with Crippen molar-refractivity contribution in [2.75, 3.05) is 19.8 Å². The predicted octanol–water partition coefficient (Wildman–Crippen LogP) is 1.99. The summed E-state index contributed by atoms with van der Waals surface area (Å²) in [7, 11) is -3.40. The molecule has 1 aliphatic rings. The molecule has 1 aromatic rings. The van der Waals surface area contributed by atoms with E-state index in [-0.39, 0.29) is 12.6 Å². The predicted molar refractivity (Wildman–Crippen MR) is 78.0 cm³/mol. The Morgan fingerprint density at radius 1 is 1.42 bits per heavy atom. The maximum absolute atomic E-state index is 12.7. The third kappa shape index (κ3) is 3.18. The zero-order valence-electron chi connectivity index (χ0n) is 10.8. The molecule has 19 heavy (non-hydrogen) atoms. The van der Waals surface area contributed by atoms with Crippen molar-refractivity contribution in [3.8, 4) is 0 Å². The normalized spacial score (nSPS) is 24.3. The van der Waals surface area contributed by atoms with E-state index in [9.17, 15) is 8.42 Å². The summed E-state index contributed by atoms with van der Waals surface area (Å²) < 4.78 is 31.5. The Morgan fingerprint density at radius 3 is 2.84 bits per heavy atom. The van der Waals surface area contributed by atoms with Gasteiger partial charge in [-0.05, 0) is 41.0 Å². The summed E-state index contributed by atoms with van der Waals surface area (Å²) in [6.45, 7) is 3.60. The molecule has 6 heteroatoms. The second-order valence-electron chi connectivity index (χ2n) is 4.54. The molecule has 1 N–H and O–H groups in total. The Bertz CT molecular complexity index is 530. The second-order valence-corrected chi connectivity index (χ2v) is 7.53. The van der Waals surface area contributed by atoms with Crippen molar-refractivity contribution in [3.05, 3.63) is 28.7 Å². The van der Waals surface area contributed by atoms with Crippen LogP contribution in [0, 0.1) is 0 Å². The fraction of sp³-hybridized carbons (Fsp3) is 0.538. The minimum atomic E-state index is -3.40. The lowest BCUT2D eigenvalue weighted by Crippen LogP contribution is -2.50. The van der Waals surface area contributed by atoms with E-state index in [0.717, 1.165) is 13.0 Å². The van der Waals surface area contributed by atoms with E-state index in [2.05, 4.69) is 21.2 Å². The Morgan fingerprint density at radius 2 is 2.16 bits per heavy atom. The minimum absolute atomic E-state index is 0.0455. The van der Waals surface area contributed by atoms with Gasteiger partial charge >= 0.3 is 0 Å². The van der Waals surface area contributed by atoms with Crippen LogP contribution in [0.25, 0.3) is 0 Å². The van der Waals surface area contributed by atoms with Crippen molar-refractivity contribution >= 4 is 25.8 Å². The van der Waals surface area contributed by atoms with Crippen LogP contribution in [0.2, 0.25) is 0 Å². The molecule has 0 amide bonds. The number of halogens is 1. The Kier molecular flexibility index (Phi) is 5.00. The molecule has 1 aliphatic heterocycles. The van der Waals surface area contributed by atoms with Crippen molar-refractivity contribution in [2.45, 2.75) is 29.5 Å². The van der Waals surface area contributed by atoms with Gasteiger partial charge < -0.3 is 10.1 Å². The Hall–Kier alpha value is -0.430. The average molecular weight is 348 g/mol. The van der Waals surface area contributed by atoms with Gasteiger partial charge in [0.1, 0.15) is 5.25 Å². The van der Waals surface area contributed by atoms with Gasteiger partial charge in [-0.15, -0.1) is 0 Å². The fourth-order valence-corrected chi connectivity index (χ4v) is 5.19. The summed E-state index contributed by atoms with van der Waals surface area (Å²) in [5, 5.41) is 2.73. The molecule has 0 bridgehead atoms. The number of rotatable bonds is 4. The third-order valence-electron chi connectivity index (χ3n) is 3.31. The molecular formula is C13H18BrNO3S. The van der Waals surface area contributed by atoms with Crippen LogP contribution in [0.15, 0.2) is 33.6 Å². The van der Waals surface area contributed by atoms with Crippen LogP contribution in [0.5, 0.6) is 0 Å². The molecule has 0 radical (unpaired) electrons. The maximum atomic E-state index is 12.7. The molecule has 2 atom stereocenters. The highest BCUT2D eigenvalue weighted by atomic mass is 79.9. The van der Waals surface area contributed by atoms with E-state index in [1.165, 1.54) is 0 Å². The van der Waals surface area contributed by atoms with E-state index in [0.29, 0.717) is 16.0 Å². The highest BCUT2D eigenvalue weighted by Crippen LogP contribution is 2.28. The van der Waals surface area contributed by atoms with Crippen molar-refractivity contribution in [3.63, 3.8) is 0 Å². The summed E-state index contributed by atoms with van der Waals surface area (Å²) in [6.07, 6.45) is 0.724. The standard InChI is InChI=1S/C13H18BrNO3S/c1-2-15-11-7-8-18-9-13(11)19(16,17)12-6-4-3-5-10(12)14/h3-6,11,13,15H,2,7-9H2,1H3. The van der Waals surface area contributed by atoms with Crippen LogP contribution in [0.1, 0.15) is 13.3 Å². The number of hydrogen-bond donors (Lipinski definition) is 1. The van der Waals surface area contributed by atoms with Crippen LogP contribution in [-0.2, 0) is 14.6 Å². The molecule has 2 rings (SSSR count). The topological polar surface area (TPSA) is 55.4 Å². The summed E-state index contributed by atoms with van der Waals surface area (Å²) in [5.74, 6) is 0. The number of sulfone groups is 1. The molecule has 0 spiro atoms. The van der Waals surface area contributed by atoms with E-state index in [1.54, 1.807) is 18.2 Å². The molecule has 1 aromatic carbocycles. The average Bonchev–Trinajstić information content (AvgIpc) is 2.40. The van der Waals surface area contributed by atoms with Crippen molar-refractivity contribution in [2.24, 2.45) is 0 Å². The smallest absolute Gasteiger partial charge is 0.186 e. The SMILES string of the molecule is CCNC1CCOCC1S(=O)(=O)c1ccccc1Br. The molecule has 0 saturated carbocycles. The van der Waals surface area contributed by atoms with Gasteiger partial charge in [-0.3, -0.25) is 0 Å². The van der Waals surface area contributed by atoms with Crippen molar-refractivity contribution in [1.82, 2.24) is 5.32 Å². The molecule has 106 valence electrons. The zero-order chi connectivity index (χ0) is 13.9. The molecule has 2 unspecified atom stereocenters. The van der Waals surface area contributed by atoms with Crippen LogP contribution in [0.4, 0.5) is 0 Å². The maximum Gasteiger partial charge on any atom is 0.186 e. The lowest BCUT2D eigenvalue weighted by molar-refractivity contribution is 0.0812. The monoisotopic (exact) mass is 347 g/mol. The van der Waals surface area contributed by atoms with Gasteiger partial charge in [-0.2, -0.15) is 0 Å². The van der Waals surface area contributed by atoms with Gasteiger partial charge in [0, 0.05) is 17.1 Å². The van der Waals surface area contributed by atoms with E-state index >= 15 is 0 Å². The summed E-state index contributed by atoms with van der Waals surface area (Å²) in [5.41, 5.74) is 0. The molecule has 1 fully saturated rings. The van der Waals surface area contributed by atoms with Crippen LogP contribution >= 0.6 is 15.9 Å². The first kappa shape index (κ1) is 15.0. The minimum Gasteiger partial charge on any atom is -0.380 e. The quantitative estimate of drug-likeness (QED) is 0.904. The molecule has 0 aliphatic carbocycles. The van der Waals surface area contributed by atoms with Gasteiger partial charge in [0.25, 0.3) is 0 Å². The fourth-order valence-electron chi connectivity index (χ4n) is 2.35. The zero-order valence-corrected chi connectivity index (χ0v) is 13.2. The number of hydrogen-bond acceptors (Lipinski definition) is 4. The van der Waals surface area contributed by atoms with E-state index < -0.39 is 15.1 Å². The first-order valence-corrected chi connectivity index (χ1v) is 8.71. The van der Waals surface area contributed by atoms with Crippen LogP contribution in [-0.4, -0.2) is 39.5 Å². The van der Waals surface area contributed by atoms with Gasteiger partial charge in [-0.1, -0.05) is 19.1 Å². The molecule has 1 heterocycles. The van der Waals surface area contributed by atoms with Gasteiger partial charge in [0.15, 0.2) is 9.84 Å². The van der Waals surface area contributed by atoms with Gasteiger partial charge in [0.05, 0.1) is 11.5 Å². The van der Waals surface area contributed by atoms with Crippen molar-refractivity contribution < 1.29 is 13.2 Å². The first-order chi connectivity index (χ1) is 9.07. The van der Waals surface area contributed by atoms with Crippen molar-refractivity contribution in [1.29, 1.82) is 0 Å². The van der Waals surface area contributed by atoms with Gasteiger partial charge in [0.2, 0.25) is 0 Å². The van der Waals surface area contributed by atoms with E-state index in [4.69, 9.17) is 4.74 Å². The number of nitrogens with one attached hydrogen (secondary N) is 1. The highest BCUT2D eigenvalue weighted by Gasteiger charge is 2.37. The molecule has 1 saturated heterocycles. The Labute approximate surface area is 122 Å². The first-order valence-electron chi connectivity index (χ1n) is 6.37. The lowest BCUT2D eigenvalue weighted by atomic mass is 10.1. The summed E-state index contributed by atoms with van der Waals surface area (Å²) in [6, 6.07) is 6.89. The molecular weight excluding hydrogens is 330 g/mol.